The minimum absolute atomic E-state index is 0. The number of benzene rings is 2. The van der Waals surface area contributed by atoms with Crippen molar-refractivity contribution in [3.63, 3.8) is 0 Å². The van der Waals surface area contributed by atoms with E-state index in [1.807, 2.05) is 43.3 Å². The van der Waals surface area contributed by atoms with Gasteiger partial charge < -0.3 is 14.8 Å². The maximum absolute atomic E-state index is 6.46. The molecule has 0 saturated heterocycles. The summed E-state index contributed by atoms with van der Waals surface area (Å²) in [6.45, 7) is 7.96. The molecule has 0 aliphatic heterocycles. The van der Waals surface area contributed by atoms with Gasteiger partial charge in [0, 0.05) is 17.6 Å². The van der Waals surface area contributed by atoms with Crippen LogP contribution in [0.5, 0.6) is 11.5 Å². The maximum Gasteiger partial charge on any atom is 0.180 e. The van der Waals surface area contributed by atoms with Crippen LogP contribution in [0, 0.1) is 0 Å². The van der Waals surface area contributed by atoms with Crippen molar-refractivity contribution < 1.29 is 9.47 Å². The second-order valence-electron chi connectivity index (χ2n) is 5.94. The monoisotopic (exact) mass is 417 g/mol. The predicted octanol–water partition coefficient (Wildman–Crippen LogP) is 6.28. The minimum atomic E-state index is 0. The van der Waals surface area contributed by atoms with Crippen LogP contribution < -0.4 is 14.8 Å². The van der Waals surface area contributed by atoms with Crippen molar-refractivity contribution >= 4 is 35.6 Å². The second kappa shape index (κ2) is 11.6. The molecule has 0 aliphatic carbocycles. The molecule has 2 aromatic carbocycles. The van der Waals surface area contributed by atoms with Gasteiger partial charge in [0.1, 0.15) is 6.61 Å². The summed E-state index contributed by atoms with van der Waals surface area (Å²) in [4.78, 5) is 0. The Labute approximate surface area is 172 Å². The molecular formula is C20H26Cl3NO2. The largest absolute Gasteiger partial charge is 0.490 e. The van der Waals surface area contributed by atoms with E-state index >= 15 is 0 Å². The lowest BCUT2D eigenvalue weighted by Gasteiger charge is -2.17. The molecule has 6 heteroatoms. The molecule has 144 valence electrons. The fourth-order valence-corrected chi connectivity index (χ4v) is 2.71. The number of ether oxygens (including phenoxy) is 2. The molecule has 0 heterocycles. The Morgan fingerprint density at radius 3 is 2.31 bits per heavy atom. The summed E-state index contributed by atoms with van der Waals surface area (Å²) < 4.78 is 11.7. The van der Waals surface area contributed by atoms with Crippen LogP contribution in [0.2, 0.25) is 10.0 Å². The number of nitrogens with one attached hydrogen (secondary N) is 1. The number of rotatable bonds is 9. The van der Waals surface area contributed by atoms with Crippen LogP contribution >= 0.6 is 35.6 Å². The summed E-state index contributed by atoms with van der Waals surface area (Å²) in [7, 11) is 0. The smallest absolute Gasteiger partial charge is 0.180 e. The molecule has 2 aromatic rings. The third kappa shape index (κ3) is 6.88. The van der Waals surface area contributed by atoms with E-state index in [2.05, 4.69) is 19.2 Å². The van der Waals surface area contributed by atoms with Crippen LogP contribution in [0.15, 0.2) is 36.4 Å². The van der Waals surface area contributed by atoms with Gasteiger partial charge in [0.2, 0.25) is 0 Å². The lowest BCUT2D eigenvalue weighted by molar-refractivity contribution is 0.269. The van der Waals surface area contributed by atoms with Crippen LogP contribution in [-0.2, 0) is 13.2 Å². The number of hydrogen-bond donors (Lipinski definition) is 1. The summed E-state index contributed by atoms with van der Waals surface area (Å²) in [6.07, 6.45) is 1.08. The molecular weight excluding hydrogens is 393 g/mol. The first-order valence-electron chi connectivity index (χ1n) is 8.59. The average molecular weight is 419 g/mol. The third-order valence-corrected chi connectivity index (χ3v) is 4.47. The molecule has 0 spiro atoms. The first kappa shape index (κ1) is 22.9. The van der Waals surface area contributed by atoms with E-state index in [4.69, 9.17) is 32.7 Å². The van der Waals surface area contributed by atoms with Gasteiger partial charge in [0.05, 0.1) is 11.6 Å². The summed E-state index contributed by atoms with van der Waals surface area (Å²) >= 11 is 12.4. The molecule has 0 radical (unpaired) electrons. The van der Waals surface area contributed by atoms with Crippen LogP contribution in [0.4, 0.5) is 0 Å². The van der Waals surface area contributed by atoms with Gasteiger partial charge in [0.25, 0.3) is 0 Å². The van der Waals surface area contributed by atoms with Crippen LogP contribution in [0.25, 0.3) is 0 Å². The van der Waals surface area contributed by atoms with E-state index in [0.717, 1.165) is 24.1 Å². The van der Waals surface area contributed by atoms with Crippen molar-refractivity contribution in [3.05, 3.63) is 57.6 Å². The van der Waals surface area contributed by atoms with E-state index in [1.54, 1.807) is 0 Å². The van der Waals surface area contributed by atoms with Gasteiger partial charge in [-0.2, -0.15) is 0 Å². The minimum Gasteiger partial charge on any atom is -0.490 e. The number of hydrogen-bond acceptors (Lipinski definition) is 3. The van der Waals surface area contributed by atoms with E-state index in [-0.39, 0.29) is 12.4 Å². The van der Waals surface area contributed by atoms with Crippen LogP contribution in [0.3, 0.4) is 0 Å². The lowest BCUT2D eigenvalue weighted by Crippen LogP contribution is -2.24. The van der Waals surface area contributed by atoms with E-state index in [0.29, 0.717) is 40.8 Å². The van der Waals surface area contributed by atoms with Gasteiger partial charge in [-0.05, 0) is 55.7 Å². The molecule has 1 unspecified atom stereocenters. The fraction of sp³-hybridized carbons (Fsp3) is 0.400. The van der Waals surface area contributed by atoms with Crippen LogP contribution in [0.1, 0.15) is 38.3 Å². The Morgan fingerprint density at radius 1 is 1.00 bits per heavy atom. The normalized spacial score (nSPS) is 11.6. The molecule has 3 nitrogen and oxygen atoms in total. The summed E-state index contributed by atoms with van der Waals surface area (Å²) in [5.74, 6) is 1.25. The van der Waals surface area contributed by atoms with Gasteiger partial charge in [-0.1, -0.05) is 42.3 Å². The van der Waals surface area contributed by atoms with Gasteiger partial charge in [-0.25, -0.2) is 0 Å². The highest BCUT2D eigenvalue weighted by molar-refractivity contribution is 6.32. The third-order valence-electron chi connectivity index (χ3n) is 3.93. The Balaban J connectivity index is 0.00000338. The molecule has 1 N–H and O–H groups in total. The van der Waals surface area contributed by atoms with Crippen molar-refractivity contribution in [1.29, 1.82) is 0 Å². The zero-order valence-corrected chi connectivity index (χ0v) is 17.7. The zero-order valence-electron chi connectivity index (χ0n) is 15.4. The highest BCUT2D eigenvalue weighted by Gasteiger charge is 2.13. The Morgan fingerprint density at radius 2 is 1.69 bits per heavy atom. The zero-order chi connectivity index (χ0) is 18.2. The summed E-state index contributed by atoms with van der Waals surface area (Å²) in [5, 5.41) is 4.72. The molecule has 0 bridgehead atoms. The average Bonchev–Trinajstić information content (AvgIpc) is 2.60. The Bertz CT molecular complexity index is 678. The van der Waals surface area contributed by atoms with Crippen molar-refractivity contribution in [2.24, 2.45) is 0 Å². The predicted molar refractivity (Wildman–Crippen MR) is 112 cm³/mol. The van der Waals surface area contributed by atoms with Gasteiger partial charge >= 0.3 is 0 Å². The fourth-order valence-electron chi connectivity index (χ4n) is 2.30. The first-order valence-corrected chi connectivity index (χ1v) is 9.34. The molecule has 0 amide bonds. The number of halogens is 3. The molecule has 0 aromatic heterocycles. The topological polar surface area (TPSA) is 30.5 Å². The highest BCUT2D eigenvalue weighted by atomic mass is 35.5. The molecule has 1 atom stereocenters. The molecule has 2 rings (SSSR count). The van der Waals surface area contributed by atoms with E-state index < -0.39 is 0 Å². The SMILES string of the molecule is CCOc1cc(CNC(C)CC)cc(Cl)c1OCc1ccc(Cl)cc1.Cl. The summed E-state index contributed by atoms with van der Waals surface area (Å²) in [6, 6.07) is 11.9. The molecule has 0 saturated carbocycles. The molecule has 0 aliphatic rings. The maximum atomic E-state index is 6.46. The quantitative estimate of drug-likeness (QED) is 0.519. The molecule has 0 fully saturated rings. The van der Waals surface area contributed by atoms with Crippen molar-refractivity contribution in [3.8, 4) is 11.5 Å². The Kier molecular flexibility index (Phi) is 10.2. The van der Waals surface area contributed by atoms with Crippen LogP contribution in [-0.4, -0.2) is 12.6 Å². The lowest BCUT2D eigenvalue weighted by atomic mass is 10.1. The summed E-state index contributed by atoms with van der Waals surface area (Å²) in [5.41, 5.74) is 2.10. The van der Waals surface area contributed by atoms with Gasteiger partial charge in [0.15, 0.2) is 11.5 Å². The van der Waals surface area contributed by atoms with Gasteiger partial charge in [-0.3, -0.25) is 0 Å². The molecule has 26 heavy (non-hydrogen) atoms. The standard InChI is InChI=1S/C20H25Cl2NO2.ClH/c1-4-14(3)23-12-16-10-18(22)20(19(11-16)24-5-2)25-13-15-6-8-17(21)9-7-15;/h6-11,14,23H,4-5,12-13H2,1-3H3;1H. The van der Waals surface area contributed by atoms with Crippen molar-refractivity contribution in [1.82, 2.24) is 5.32 Å². The van der Waals surface area contributed by atoms with E-state index in [9.17, 15) is 0 Å². The Hall–Kier alpha value is -1.13. The second-order valence-corrected chi connectivity index (χ2v) is 6.79. The first-order chi connectivity index (χ1) is 12.0. The van der Waals surface area contributed by atoms with Crippen molar-refractivity contribution in [2.45, 2.75) is 46.4 Å². The van der Waals surface area contributed by atoms with E-state index in [1.165, 1.54) is 0 Å². The highest BCUT2D eigenvalue weighted by Crippen LogP contribution is 2.37. The van der Waals surface area contributed by atoms with Gasteiger partial charge in [-0.15, -0.1) is 12.4 Å². The van der Waals surface area contributed by atoms with Crippen molar-refractivity contribution in [2.75, 3.05) is 6.61 Å².